The smallest absolute Gasteiger partial charge is 0.321 e. The summed E-state index contributed by atoms with van der Waals surface area (Å²) in [6.45, 7) is 4.06. The largest absolute Gasteiger partial charge is 0.454 e. The fourth-order valence-electron chi connectivity index (χ4n) is 3.97. The third-order valence-electron chi connectivity index (χ3n) is 5.73. The van der Waals surface area contributed by atoms with E-state index in [1.54, 1.807) is 4.90 Å². The zero-order valence-corrected chi connectivity index (χ0v) is 18.0. The number of amides is 2. The molecule has 0 spiro atoms. The number of rotatable bonds is 1. The average molecular weight is 448 g/mol. The van der Waals surface area contributed by atoms with Gasteiger partial charge in [0.2, 0.25) is 0 Å². The molecule has 8 heteroatoms. The zero-order chi connectivity index (χ0) is 22.9. The summed E-state index contributed by atoms with van der Waals surface area (Å²) in [6, 6.07) is 16.6. The quantitative estimate of drug-likeness (QED) is 0.549. The lowest BCUT2D eigenvalue weighted by Crippen LogP contribution is -2.51. The summed E-state index contributed by atoms with van der Waals surface area (Å²) in [7, 11) is 0. The van der Waals surface area contributed by atoms with Crippen LogP contribution in [0.15, 0.2) is 65.7 Å². The summed E-state index contributed by atoms with van der Waals surface area (Å²) in [4.78, 5) is 21.3. The summed E-state index contributed by atoms with van der Waals surface area (Å²) in [6.07, 6.45) is 0. The molecule has 33 heavy (non-hydrogen) atoms. The van der Waals surface area contributed by atoms with E-state index in [2.05, 4.69) is 10.2 Å². The van der Waals surface area contributed by atoms with E-state index in [0.29, 0.717) is 31.9 Å². The van der Waals surface area contributed by atoms with E-state index in [1.165, 1.54) is 6.07 Å². The number of piperazine rings is 1. The van der Waals surface area contributed by atoms with Crippen LogP contribution in [0.5, 0.6) is 11.5 Å². The summed E-state index contributed by atoms with van der Waals surface area (Å²) >= 11 is 0. The van der Waals surface area contributed by atoms with Gasteiger partial charge in [-0.25, -0.2) is 18.6 Å². The molecule has 0 bridgehead atoms. The van der Waals surface area contributed by atoms with E-state index >= 15 is 0 Å². The molecule has 5 rings (SSSR count). The lowest BCUT2D eigenvalue weighted by Gasteiger charge is -2.36. The molecular weight excluding hydrogens is 426 g/mol. The lowest BCUT2D eigenvalue weighted by atomic mass is 10.1. The molecule has 0 saturated carbocycles. The Hall–Kier alpha value is -3.94. The predicted octanol–water partition coefficient (Wildman–Crippen LogP) is 5.31. The van der Waals surface area contributed by atoms with Crippen LogP contribution in [0.2, 0.25) is 0 Å². The SMILES string of the molecule is Cc1ccc2c(c1)Oc1ccccc1C(N1CCN(C(=O)Nc3ccc(F)c(F)c3)CC1)=N2. The van der Waals surface area contributed by atoms with Crippen molar-refractivity contribution < 1.29 is 18.3 Å². The van der Waals surface area contributed by atoms with Gasteiger partial charge in [0.1, 0.15) is 17.3 Å². The standard InChI is InChI=1S/C25H22F2N4O2/c1-16-6-9-21-23(14-16)33-22-5-3-2-4-18(22)24(29-21)30-10-12-31(13-11-30)25(32)28-17-7-8-19(26)20(27)15-17/h2-9,14-15H,10-13H2,1H3,(H,28,32). The minimum Gasteiger partial charge on any atom is -0.454 e. The number of aliphatic imine (C=N–C) groups is 1. The van der Waals surface area contributed by atoms with Gasteiger partial charge < -0.3 is 19.9 Å². The van der Waals surface area contributed by atoms with Crippen molar-refractivity contribution in [2.75, 3.05) is 31.5 Å². The highest BCUT2D eigenvalue weighted by atomic mass is 19.2. The molecule has 1 saturated heterocycles. The molecule has 6 nitrogen and oxygen atoms in total. The molecule has 1 fully saturated rings. The predicted molar refractivity (Wildman–Crippen MR) is 122 cm³/mol. The molecule has 0 radical (unpaired) electrons. The van der Waals surface area contributed by atoms with Crippen LogP contribution in [-0.2, 0) is 0 Å². The minimum atomic E-state index is -1.000. The highest BCUT2D eigenvalue weighted by Gasteiger charge is 2.27. The molecule has 2 heterocycles. The molecule has 0 aliphatic carbocycles. The Kier molecular flexibility index (Phi) is 5.42. The van der Waals surface area contributed by atoms with Crippen molar-refractivity contribution in [1.29, 1.82) is 0 Å². The number of halogens is 2. The number of hydrogen-bond donors (Lipinski definition) is 1. The normalized spacial score (nSPS) is 15.1. The number of amidine groups is 1. The van der Waals surface area contributed by atoms with Gasteiger partial charge in [0.25, 0.3) is 0 Å². The number of para-hydroxylation sites is 1. The number of benzene rings is 3. The molecule has 3 aromatic carbocycles. The summed E-state index contributed by atoms with van der Waals surface area (Å²) in [5, 5.41) is 2.63. The average Bonchev–Trinajstić information content (AvgIpc) is 2.98. The van der Waals surface area contributed by atoms with Crippen LogP contribution in [0.1, 0.15) is 11.1 Å². The molecule has 2 aliphatic heterocycles. The first-order chi connectivity index (χ1) is 16.0. The van der Waals surface area contributed by atoms with Gasteiger partial charge >= 0.3 is 6.03 Å². The van der Waals surface area contributed by atoms with E-state index in [-0.39, 0.29) is 11.7 Å². The maximum atomic E-state index is 13.4. The van der Waals surface area contributed by atoms with Crippen LogP contribution < -0.4 is 10.1 Å². The molecule has 0 aromatic heterocycles. The van der Waals surface area contributed by atoms with Crippen molar-refractivity contribution in [1.82, 2.24) is 9.80 Å². The van der Waals surface area contributed by atoms with Crippen molar-refractivity contribution in [2.45, 2.75) is 6.92 Å². The molecule has 3 aromatic rings. The third kappa shape index (κ3) is 4.24. The van der Waals surface area contributed by atoms with Crippen LogP contribution in [0.3, 0.4) is 0 Å². The number of nitrogens with one attached hydrogen (secondary N) is 1. The Balaban J connectivity index is 1.34. The van der Waals surface area contributed by atoms with Gasteiger partial charge in [-0.1, -0.05) is 18.2 Å². The Bertz CT molecular complexity index is 1250. The van der Waals surface area contributed by atoms with Crippen LogP contribution >= 0.6 is 0 Å². The van der Waals surface area contributed by atoms with Crippen LogP contribution in [0, 0.1) is 18.6 Å². The number of carbonyl (C=O) groups excluding carboxylic acids is 1. The number of aryl methyl sites for hydroxylation is 1. The number of nitrogens with zero attached hydrogens (tertiary/aromatic N) is 3. The molecule has 2 aliphatic rings. The Morgan fingerprint density at radius 3 is 2.52 bits per heavy atom. The first-order valence-corrected chi connectivity index (χ1v) is 10.7. The topological polar surface area (TPSA) is 57.2 Å². The van der Waals surface area contributed by atoms with Crippen molar-refractivity contribution in [3.8, 4) is 11.5 Å². The van der Waals surface area contributed by atoms with Crippen LogP contribution in [0.4, 0.5) is 25.0 Å². The fourth-order valence-corrected chi connectivity index (χ4v) is 3.97. The van der Waals surface area contributed by atoms with Gasteiger partial charge in [-0.3, -0.25) is 0 Å². The maximum absolute atomic E-state index is 13.4. The fraction of sp³-hybridized carbons (Fsp3) is 0.200. The number of hydrogen-bond acceptors (Lipinski definition) is 4. The molecule has 168 valence electrons. The number of carbonyl (C=O) groups is 1. The molecule has 2 amide bonds. The van der Waals surface area contributed by atoms with Gasteiger partial charge in [0.05, 0.1) is 5.56 Å². The molecule has 0 unspecified atom stereocenters. The Morgan fingerprint density at radius 1 is 0.939 bits per heavy atom. The third-order valence-corrected chi connectivity index (χ3v) is 5.73. The first kappa shape index (κ1) is 20.9. The van der Waals surface area contributed by atoms with E-state index in [1.807, 2.05) is 49.4 Å². The summed E-state index contributed by atoms with van der Waals surface area (Å²) in [5.41, 5.74) is 2.95. The van der Waals surface area contributed by atoms with Crippen LogP contribution in [-0.4, -0.2) is 47.8 Å². The Labute approximate surface area is 190 Å². The van der Waals surface area contributed by atoms with E-state index < -0.39 is 11.6 Å². The summed E-state index contributed by atoms with van der Waals surface area (Å²) in [5.74, 6) is 0.294. The van der Waals surface area contributed by atoms with Gasteiger partial charge in [-0.05, 0) is 48.9 Å². The second-order valence-electron chi connectivity index (χ2n) is 8.04. The second-order valence-corrected chi connectivity index (χ2v) is 8.04. The second kappa shape index (κ2) is 8.54. The maximum Gasteiger partial charge on any atom is 0.321 e. The van der Waals surface area contributed by atoms with Crippen molar-refractivity contribution in [3.05, 3.63) is 83.4 Å². The van der Waals surface area contributed by atoms with E-state index in [4.69, 9.17) is 9.73 Å². The van der Waals surface area contributed by atoms with E-state index in [0.717, 1.165) is 40.5 Å². The molecule has 1 N–H and O–H groups in total. The van der Waals surface area contributed by atoms with E-state index in [9.17, 15) is 13.6 Å². The first-order valence-electron chi connectivity index (χ1n) is 10.7. The lowest BCUT2D eigenvalue weighted by molar-refractivity contribution is 0.181. The Morgan fingerprint density at radius 2 is 1.73 bits per heavy atom. The van der Waals surface area contributed by atoms with Gasteiger partial charge in [0, 0.05) is 37.9 Å². The molecular formula is C25H22F2N4O2. The van der Waals surface area contributed by atoms with Crippen molar-refractivity contribution in [2.24, 2.45) is 4.99 Å². The highest BCUT2D eigenvalue weighted by molar-refractivity contribution is 6.04. The van der Waals surface area contributed by atoms with Crippen LogP contribution in [0.25, 0.3) is 0 Å². The summed E-state index contributed by atoms with van der Waals surface area (Å²) < 4.78 is 32.7. The van der Waals surface area contributed by atoms with Crippen molar-refractivity contribution >= 4 is 23.2 Å². The van der Waals surface area contributed by atoms with Gasteiger partial charge in [-0.15, -0.1) is 0 Å². The van der Waals surface area contributed by atoms with Crippen molar-refractivity contribution in [3.63, 3.8) is 0 Å². The number of anilines is 1. The monoisotopic (exact) mass is 448 g/mol. The number of fused-ring (bicyclic) bond motifs is 2. The minimum absolute atomic E-state index is 0.215. The number of ether oxygens (including phenoxy) is 1. The van der Waals surface area contributed by atoms with Gasteiger partial charge in [0.15, 0.2) is 17.4 Å². The number of urea groups is 1. The molecule has 0 atom stereocenters. The zero-order valence-electron chi connectivity index (χ0n) is 18.0. The highest BCUT2D eigenvalue weighted by Crippen LogP contribution is 2.38. The van der Waals surface area contributed by atoms with Gasteiger partial charge in [-0.2, -0.15) is 0 Å².